The molecule has 0 radical (unpaired) electrons. The average Bonchev–Trinajstić information content (AvgIpc) is 3.41. The smallest absolute Gasteiger partial charge is 0.320 e. The van der Waals surface area contributed by atoms with Crippen LogP contribution in [0.25, 0.3) is 11.0 Å². The first kappa shape index (κ1) is 17.4. The summed E-state index contributed by atoms with van der Waals surface area (Å²) in [6.07, 6.45) is 8.45. The number of nitrogens with zero attached hydrogens (tertiary/aromatic N) is 3. The van der Waals surface area contributed by atoms with Gasteiger partial charge in [-0.3, -0.25) is 4.57 Å². The maximum atomic E-state index is 6.15. The van der Waals surface area contributed by atoms with Gasteiger partial charge in [0.15, 0.2) is 11.5 Å². The number of nitrogen functional groups attached to an aromatic ring is 1. The highest BCUT2D eigenvalue weighted by Gasteiger charge is 2.22. The van der Waals surface area contributed by atoms with Gasteiger partial charge in [0.05, 0.1) is 25.2 Å². The third-order valence-corrected chi connectivity index (χ3v) is 5.34. The van der Waals surface area contributed by atoms with Crippen LogP contribution in [-0.2, 0) is 11.3 Å². The van der Waals surface area contributed by atoms with Crippen LogP contribution in [0.1, 0.15) is 44.9 Å². The summed E-state index contributed by atoms with van der Waals surface area (Å²) in [5, 5.41) is 0.806. The van der Waals surface area contributed by atoms with Crippen molar-refractivity contribution >= 4 is 16.9 Å². The Morgan fingerprint density at radius 3 is 2.85 bits per heavy atom. The molecule has 0 aromatic carbocycles. The van der Waals surface area contributed by atoms with Crippen LogP contribution in [0.5, 0.6) is 11.9 Å². The molecule has 7 nitrogen and oxygen atoms in total. The van der Waals surface area contributed by atoms with Gasteiger partial charge in [-0.15, -0.1) is 0 Å². The minimum atomic E-state index is 0.305. The Labute approximate surface area is 153 Å². The highest BCUT2D eigenvalue weighted by Crippen LogP contribution is 2.33. The summed E-state index contributed by atoms with van der Waals surface area (Å²) in [5.41, 5.74) is 6.92. The second kappa shape index (κ2) is 7.70. The topological polar surface area (TPSA) is 84.4 Å². The fraction of sp³-hybridized carbons (Fsp3) is 0.684. The molecule has 0 amide bonds. The fourth-order valence-corrected chi connectivity index (χ4v) is 3.58. The summed E-state index contributed by atoms with van der Waals surface area (Å²) >= 11 is 0. The molecule has 1 aliphatic carbocycles. The molecule has 2 fully saturated rings. The molecule has 1 saturated carbocycles. The Morgan fingerprint density at radius 2 is 2.12 bits per heavy atom. The van der Waals surface area contributed by atoms with Crippen LogP contribution in [0.4, 0.5) is 5.82 Å². The lowest BCUT2D eigenvalue weighted by molar-refractivity contribution is 0.00872. The van der Waals surface area contributed by atoms with Crippen LogP contribution in [0.2, 0.25) is 0 Å². The molecule has 142 valence electrons. The summed E-state index contributed by atoms with van der Waals surface area (Å²) < 4.78 is 19.2. The zero-order chi connectivity index (χ0) is 17.9. The zero-order valence-corrected chi connectivity index (χ0v) is 15.4. The van der Waals surface area contributed by atoms with E-state index < -0.39 is 0 Å². The van der Waals surface area contributed by atoms with E-state index in [1.165, 1.54) is 19.3 Å². The summed E-state index contributed by atoms with van der Waals surface area (Å²) in [4.78, 5) is 8.92. The van der Waals surface area contributed by atoms with Gasteiger partial charge in [-0.2, -0.15) is 9.97 Å². The van der Waals surface area contributed by atoms with Crippen molar-refractivity contribution in [3.8, 4) is 11.9 Å². The van der Waals surface area contributed by atoms with Crippen molar-refractivity contribution in [1.82, 2.24) is 14.5 Å². The number of hydrogen-bond donors (Lipinski definition) is 1. The molecule has 0 spiro atoms. The molecule has 3 heterocycles. The van der Waals surface area contributed by atoms with Crippen molar-refractivity contribution in [3.63, 3.8) is 0 Å². The second-order valence-electron chi connectivity index (χ2n) is 7.32. The fourth-order valence-electron chi connectivity index (χ4n) is 3.58. The summed E-state index contributed by atoms with van der Waals surface area (Å²) in [5.74, 6) is 1.99. The number of ether oxygens (including phenoxy) is 3. The van der Waals surface area contributed by atoms with E-state index in [0.29, 0.717) is 24.5 Å². The van der Waals surface area contributed by atoms with Crippen molar-refractivity contribution < 1.29 is 14.2 Å². The van der Waals surface area contributed by atoms with Gasteiger partial charge in [0.25, 0.3) is 0 Å². The Hall–Kier alpha value is -2.02. The van der Waals surface area contributed by atoms with E-state index in [4.69, 9.17) is 19.9 Å². The Balaban J connectivity index is 1.53. The van der Waals surface area contributed by atoms with E-state index in [1.54, 1.807) is 7.11 Å². The number of aromatic nitrogens is 3. The number of rotatable bonds is 8. The molecular formula is C19H28N4O3. The van der Waals surface area contributed by atoms with E-state index in [1.807, 2.05) is 6.07 Å². The maximum absolute atomic E-state index is 6.15. The lowest BCUT2D eigenvalue weighted by Crippen LogP contribution is -2.21. The number of aryl methyl sites for hydroxylation is 1. The first-order chi connectivity index (χ1) is 12.7. The number of nitrogens with two attached hydrogens (primary N) is 1. The highest BCUT2D eigenvalue weighted by molar-refractivity contribution is 5.88. The quantitative estimate of drug-likeness (QED) is 0.778. The van der Waals surface area contributed by atoms with Crippen LogP contribution in [0.3, 0.4) is 0 Å². The number of methoxy groups -OCH3 is 1. The molecule has 26 heavy (non-hydrogen) atoms. The van der Waals surface area contributed by atoms with Gasteiger partial charge in [0, 0.05) is 19.2 Å². The van der Waals surface area contributed by atoms with Crippen LogP contribution >= 0.6 is 0 Å². The molecule has 2 aliphatic rings. The monoisotopic (exact) mass is 360 g/mol. The van der Waals surface area contributed by atoms with Crippen molar-refractivity contribution in [2.45, 2.75) is 57.6 Å². The second-order valence-corrected chi connectivity index (χ2v) is 7.32. The normalized spacial score (nSPS) is 20.4. The maximum Gasteiger partial charge on any atom is 0.320 e. The molecule has 4 rings (SSSR count). The third kappa shape index (κ3) is 3.87. The average molecular weight is 360 g/mol. The molecular weight excluding hydrogens is 332 g/mol. The molecule has 2 N–H and O–H groups in total. The summed E-state index contributed by atoms with van der Waals surface area (Å²) in [7, 11) is 1.67. The third-order valence-electron chi connectivity index (χ3n) is 5.34. The molecule has 0 bridgehead atoms. The lowest BCUT2D eigenvalue weighted by atomic mass is 10.1. The molecule has 1 aliphatic heterocycles. The van der Waals surface area contributed by atoms with E-state index >= 15 is 0 Å². The lowest BCUT2D eigenvalue weighted by Gasteiger charge is -2.23. The van der Waals surface area contributed by atoms with E-state index in [2.05, 4.69) is 14.5 Å². The molecule has 2 aromatic rings. The van der Waals surface area contributed by atoms with Gasteiger partial charge in [-0.05, 0) is 38.0 Å². The van der Waals surface area contributed by atoms with Crippen LogP contribution in [0.15, 0.2) is 6.07 Å². The van der Waals surface area contributed by atoms with Crippen LogP contribution in [0, 0.1) is 5.92 Å². The van der Waals surface area contributed by atoms with Crippen LogP contribution < -0.4 is 15.2 Å². The number of anilines is 1. The minimum absolute atomic E-state index is 0.305. The number of hydrogen-bond acceptors (Lipinski definition) is 6. The van der Waals surface area contributed by atoms with Gasteiger partial charge in [-0.25, -0.2) is 0 Å². The molecule has 7 heteroatoms. The molecule has 1 unspecified atom stereocenters. The van der Waals surface area contributed by atoms with Crippen molar-refractivity contribution in [2.24, 2.45) is 5.92 Å². The van der Waals surface area contributed by atoms with Gasteiger partial charge in [0.2, 0.25) is 0 Å². The predicted octanol–water partition coefficient (Wildman–Crippen LogP) is 3.16. The van der Waals surface area contributed by atoms with E-state index in [9.17, 15) is 0 Å². The Morgan fingerprint density at radius 1 is 1.23 bits per heavy atom. The number of fused-ring (bicyclic) bond motifs is 1. The molecule has 1 saturated heterocycles. The Kier molecular flexibility index (Phi) is 5.15. The molecule has 1 atom stereocenters. The molecule has 2 aromatic heterocycles. The predicted molar refractivity (Wildman–Crippen MR) is 99.5 cm³/mol. The zero-order valence-electron chi connectivity index (χ0n) is 15.4. The van der Waals surface area contributed by atoms with Gasteiger partial charge >= 0.3 is 6.01 Å². The van der Waals surface area contributed by atoms with E-state index in [0.717, 1.165) is 61.7 Å². The summed E-state index contributed by atoms with van der Waals surface area (Å²) in [6, 6.07) is 2.26. The minimum Gasteiger partial charge on any atom is -0.482 e. The first-order valence-corrected chi connectivity index (χ1v) is 9.69. The van der Waals surface area contributed by atoms with E-state index in [-0.39, 0.29) is 0 Å². The first-order valence-electron chi connectivity index (χ1n) is 9.69. The highest BCUT2D eigenvalue weighted by atomic mass is 16.5. The van der Waals surface area contributed by atoms with Crippen molar-refractivity contribution in [1.29, 1.82) is 0 Å². The standard InChI is InChI=1S/C19H28N4O3/c1-24-16-12-15-17(20)21-19(26-11-8-13-5-6-13)22-18(15)23(16)9-7-14-4-2-3-10-25-14/h12-14H,2-11H2,1H3,(H2,20,21,22). The SMILES string of the molecule is COc1cc2c(N)nc(OCCC3CC3)nc2n1CCC1CCCCO1. The van der Waals surface area contributed by atoms with Gasteiger partial charge < -0.3 is 19.9 Å². The van der Waals surface area contributed by atoms with Crippen LogP contribution in [-0.4, -0.2) is 41.0 Å². The van der Waals surface area contributed by atoms with Crippen molar-refractivity contribution in [2.75, 3.05) is 26.1 Å². The Bertz CT molecular complexity index is 751. The van der Waals surface area contributed by atoms with Gasteiger partial charge in [-0.1, -0.05) is 12.8 Å². The van der Waals surface area contributed by atoms with Crippen molar-refractivity contribution in [3.05, 3.63) is 6.07 Å². The van der Waals surface area contributed by atoms with Gasteiger partial charge in [0.1, 0.15) is 5.82 Å². The largest absolute Gasteiger partial charge is 0.482 e. The summed E-state index contributed by atoms with van der Waals surface area (Å²) in [6.45, 7) is 2.28.